The molecule has 0 amide bonds. The van der Waals surface area contributed by atoms with Crippen LogP contribution >= 0.6 is 0 Å². The van der Waals surface area contributed by atoms with Crippen LogP contribution in [0.5, 0.6) is 0 Å². The number of nitrogens with two attached hydrogens (primary N) is 1. The largest absolute Gasteiger partial charge is 0.382 e. The number of benzene rings is 1. The van der Waals surface area contributed by atoms with E-state index in [-0.39, 0.29) is 11.6 Å². The van der Waals surface area contributed by atoms with Gasteiger partial charge in [0.1, 0.15) is 5.82 Å². The van der Waals surface area contributed by atoms with Gasteiger partial charge in [0.15, 0.2) is 0 Å². The highest BCUT2D eigenvalue weighted by molar-refractivity contribution is 5.81. The maximum atomic E-state index is 12.1. The van der Waals surface area contributed by atoms with Crippen LogP contribution in [0.3, 0.4) is 0 Å². The first kappa shape index (κ1) is 19.3. The molecule has 0 aliphatic carbocycles. The molecule has 0 unspecified atom stereocenters. The number of aromatic nitrogens is 3. The highest BCUT2D eigenvalue weighted by Crippen LogP contribution is 2.29. The molecule has 1 aromatic carbocycles. The lowest BCUT2D eigenvalue weighted by Crippen LogP contribution is -2.22. The van der Waals surface area contributed by atoms with Crippen LogP contribution in [0.4, 0.5) is 0 Å². The maximum Gasteiger partial charge on any atom is 0.253 e. The Morgan fingerprint density at radius 1 is 1.19 bits per heavy atom. The molecule has 3 rings (SSSR count). The average Bonchev–Trinajstić information content (AvgIpc) is 3.03. The van der Waals surface area contributed by atoms with Crippen molar-refractivity contribution in [2.24, 2.45) is 12.8 Å². The molecule has 2 aromatic heterocycles. The van der Waals surface area contributed by atoms with E-state index in [2.05, 4.69) is 4.57 Å². The van der Waals surface area contributed by atoms with E-state index < -0.39 is 0 Å². The molecule has 0 radical (unpaired) electrons. The molecule has 2 N–H and O–H groups in total. The Labute approximate surface area is 158 Å². The van der Waals surface area contributed by atoms with E-state index >= 15 is 0 Å². The number of hydrogen-bond acceptors (Lipinski definition) is 5. The van der Waals surface area contributed by atoms with Crippen LogP contribution in [0.15, 0.2) is 35.3 Å². The Bertz CT molecular complexity index is 974. The number of methoxy groups -OCH3 is 2. The van der Waals surface area contributed by atoms with Gasteiger partial charge in [0.2, 0.25) is 0 Å². The van der Waals surface area contributed by atoms with Gasteiger partial charge >= 0.3 is 0 Å². The number of imidazole rings is 1. The van der Waals surface area contributed by atoms with E-state index in [1.54, 1.807) is 25.8 Å². The predicted octanol–water partition coefficient (Wildman–Crippen LogP) is 2.00. The molecule has 0 bridgehead atoms. The smallest absolute Gasteiger partial charge is 0.253 e. The third kappa shape index (κ3) is 3.66. The maximum absolute atomic E-state index is 12.1. The van der Waals surface area contributed by atoms with Crippen LogP contribution < -0.4 is 11.3 Å². The summed E-state index contributed by atoms with van der Waals surface area (Å²) >= 11 is 0. The van der Waals surface area contributed by atoms with Crippen molar-refractivity contribution in [3.63, 3.8) is 0 Å². The molecule has 144 valence electrons. The number of aryl methyl sites for hydroxylation is 2. The summed E-state index contributed by atoms with van der Waals surface area (Å²) in [7, 11) is 5.09. The fourth-order valence-electron chi connectivity index (χ4n) is 3.43. The van der Waals surface area contributed by atoms with Gasteiger partial charge in [-0.15, -0.1) is 0 Å². The summed E-state index contributed by atoms with van der Waals surface area (Å²) in [5.41, 5.74) is 10.2. The Hall–Kier alpha value is -2.48. The van der Waals surface area contributed by atoms with Crippen LogP contribution in [-0.4, -0.2) is 41.6 Å². The topological polar surface area (TPSA) is 84.3 Å². The van der Waals surface area contributed by atoms with Gasteiger partial charge in [-0.2, -0.15) is 0 Å². The average molecular weight is 370 g/mol. The minimum absolute atomic E-state index is 0.0165. The second-order valence-electron chi connectivity index (χ2n) is 6.72. The number of nitrogens with zero attached hydrogens (tertiary/aromatic N) is 3. The summed E-state index contributed by atoms with van der Waals surface area (Å²) in [5.74, 6) is 0.775. The molecule has 0 saturated carbocycles. The SMILES string of the molecule is COCC(COC)n1c(-c2cc(C)c(=O)n(C)c2)nc2cc(CN)ccc21. The summed E-state index contributed by atoms with van der Waals surface area (Å²) in [6.07, 6.45) is 1.81. The first-order valence-electron chi connectivity index (χ1n) is 8.86. The molecule has 0 aliphatic heterocycles. The van der Waals surface area contributed by atoms with Crippen molar-refractivity contribution in [2.75, 3.05) is 27.4 Å². The zero-order chi connectivity index (χ0) is 19.6. The highest BCUT2D eigenvalue weighted by atomic mass is 16.5. The van der Waals surface area contributed by atoms with E-state index in [0.29, 0.717) is 25.3 Å². The van der Waals surface area contributed by atoms with Gasteiger partial charge in [-0.1, -0.05) is 6.07 Å². The van der Waals surface area contributed by atoms with Crippen molar-refractivity contribution in [1.82, 2.24) is 14.1 Å². The van der Waals surface area contributed by atoms with Crippen LogP contribution in [0.2, 0.25) is 0 Å². The Kier molecular flexibility index (Phi) is 5.74. The number of pyridine rings is 1. The molecule has 0 aliphatic rings. The Morgan fingerprint density at radius 2 is 1.89 bits per heavy atom. The normalized spacial score (nSPS) is 11.6. The van der Waals surface area contributed by atoms with E-state index in [0.717, 1.165) is 28.0 Å². The number of ether oxygens (including phenoxy) is 2. The lowest BCUT2D eigenvalue weighted by molar-refractivity contribution is 0.0918. The fraction of sp³-hybridized carbons (Fsp3) is 0.400. The molecule has 0 atom stereocenters. The van der Waals surface area contributed by atoms with Crippen LogP contribution in [0.1, 0.15) is 17.2 Å². The molecule has 7 heteroatoms. The van der Waals surface area contributed by atoms with Gasteiger partial charge < -0.3 is 24.3 Å². The summed E-state index contributed by atoms with van der Waals surface area (Å²) in [5, 5.41) is 0. The summed E-state index contributed by atoms with van der Waals surface area (Å²) < 4.78 is 14.6. The summed E-state index contributed by atoms with van der Waals surface area (Å²) in [6.45, 7) is 3.23. The van der Waals surface area contributed by atoms with Crippen molar-refractivity contribution >= 4 is 11.0 Å². The first-order chi connectivity index (χ1) is 13.0. The van der Waals surface area contributed by atoms with Crippen molar-refractivity contribution in [3.8, 4) is 11.4 Å². The van der Waals surface area contributed by atoms with Gasteiger partial charge in [0, 0.05) is 45.1 Å². The molecule has 0 saturated heterocycles. The third-order valence-corrected chi connectivity index (χ3v) is 4.69. The second kappa shape index (κ2) is 8.04. The Balaban J connectivity index is 2.29. The van der Waals surface area contributed by atoms with Gasteiger partial charge in [-0.25, -0.2) is 4.98 Å². The number of hydrogen-bond donors (Lipinski definition) is 1. The third-order valence-electron chi connectivity index (χ3n) is 4.69. The zero-order valence-corrected chi connectivity index (χ0v) is 16.2. The molecule has 0 spiro atoms. The Morgan fingerprint density at radius 3 is 2.48 bits per heavy atom. The second-order valence-corrected chi connectivity index (χ2v) is 6.72. The number of rotatable bonds is 7. The molecule has 27 heavy (non-hydrogen) atoms. The van der Waals surface area contributed by atoms with E-state index in [9.17, 15) is 4.79 Å². The van der Waals surface area contributed by atoms with Gasteiger partial charge in [0.05, 0.1) is 30.3 Å². The summed E-state index contributed by atoms with van der Waals surface area (Å²) in [6, 6.07) is 7.86. The molecular weight excluding hydrogens is 344 g/mol. The molecule has 2 heterocycles. The fourth-order valence-corrected chi connectivity index (χ4v) is 3.43. The summed E-state index contributed by atoms with van der Waals surface area (Å²) in [4.78, 5) is 17.0. The van der Waals surface area contributed by atoms with Gasteiger partial charge in [-0.3, -0.25) is 4.79 Å². The minimum Gasteiger partial charge on any atom is -0.382 e. The lowest BCUT2D eigenvalue weighted by Gasteiger charge is -2.21. The van der Waals surface area contributed by atoms with Crippen molar-refractivity contribution in [2.45, 2.75) is 19.5 Å². The van der Waals surface area contributed by atoms with Crippen molar-refractivity contribution in [3.05, 3.63) is 51.9 Å². The molecule has 7 nitrogen and oxygen atoms in total. The molecular formula is C20H26N4O3. The quantitative estimate of drug-likeness (QED) is 0.688. The minimum atomic E-state index is -0.0544. The highest BCUT2D eigenvalue weighted by Gasteiger charge is 2.21. The van der Waals surface area contributed by atoms with E-state index in [1.807, 2.05) is 37.4 Å². The standard InChI is InChI=1S/C20H26N4O3/c1-13-7-15(10-23(2)20(13)25)19-22-17-8-14(9-21)5-6-18(17)24(19)16(11-26-3)12-27-4/h5-8,10,16H,9,11-12,21H2,1-4H3. The van der Waals surface area contributed by atoms with Crippen LogP contribution in [-0.2, 0) is 23.1 Å². The predicted molar refractivity (Wildman–Crippen MR) is 106 cm³/mol. The van der Waals surface area contributed by atoms with E-state index in [1.165, 1.54) is 0 Å². The van der Waals surface area contributed by atoms with Gasteiger partial charge in [0.25, 0.3) is 5.56 Å². The molecule has 0 fully saturated rings. The number of fused-ring (bicyclic) bond motifs is 1. The van der Waals surface area contributed by atoms with Crippen molar-refractivity contribution < 1.29 is 9.47 Å². The zero-order valence-electron chi connectivity index (χ0n) is 16.2. The van der Waals surface area contributed by atoms with Gasteiger partial charge in [-0.05, 0) is 30.7 Å². The van der Waals surface area contributed by atoms with Crippen LogP contribution in [0, 0.1) is 6.92 Å². The van der Waals surface area contributed by atoms with Crippen molar-refractivity contribution in [1.29, 1.82) is 0 Å². The molecule has 3 aromatic rings. The lowest BCUT2D eigenvalue weighted by atomic mass is 10.1. The van der Waals surface area contributed by atoms with E-state index in [4.69, 9.17) is 20.2 Å². The first-order valence-corrected chi connectivity index (χ1v) is 8.86. The van der Waals surface area contributed by atoms with Crippen LogP contribution in [0.25, 0.3) is 22.4 Å². The monoisotopic (exact) mass is 370 g/mol.